The molecule has 2 spiro atoms. The summed E-state index contributed by atoms with van der Waals surface area (Å²) in [6.07, 6.45) is 8.16. The van der Waals surface area contributed by atoms with Crippen molar-refractivity contribution in [3.05, 3.63) is 264 Å². The van der Waals surface area contributed by atoms with Crippen molar-refractivity contribution in [2.45, 2.75) is 80.0 Å². The molecule has 12 aromatic rings. The van der Waals surface area contributed by atoms with E-state index in [1.54, 1.807) is 22.3 Å². The first-order valence-corrected chi connectivity index (χ1v) is 28.1. The molecule has 10 aromatic carbocycles. The fourth-order valence-corrected chi connectivity index (χ4v) is 18.3. The second kappa shape index (κ2) is 15.7. The van der Waals surface area contributed by atoms with Crippen LogP contribution in [0.25, 0.3) is 88.4 Å². The fraction of sp³-hybridized carbons (Fsp3) is 0.189. The Hall–Kier alpha value is -8.20. The summed E-state index contributed by atoms with van der Waals surface area (Å²) in [6.45, 7) is 2.33. The summed E-state index contributed by atoms with van der Waals surface area (Å²) in [5.74, 6) is 1.12. The van der Waals surface area contributed by atoms with Gasteiger partial charge in [-0.15, -0.1) is 0 Å². The molecule has 3 saturated carbocycles. The van der Waals surface area contributed by atoms with Gasteiger partial charge in [0.05, 0.1) is 27.8 Å². The predicted octanol–water partition coefficient (Wildman–Crippen LogP) is 18.9. The minimum Gasteiger partial charge on any atom is -0.307 e. The van der Waals surface area contributed by atoms with Crippen molar-refractivity contribution in [2.75, 3.05) is 0 Å². The third kappa shape index (κ3) is 5.52. The lowest BCUT2D eigenvalue weighted by Gasteiger charge is -2.70. The van der Waals surface area contributed by atoms with E-state index < -0.39 is 0 Å². The molecule has 3 fully saturated rings. The molecule has 0 saturated heterocycles. The van der Waals surface area contributed by atoms with Gasteiger partial charge in [0.15, 0.2) is 0 Å². The van der Waals surface area contributed by atoms with E-state index in [9.17, 15) is 0 Å². The van der Waals surface area contributed by atoms with Gasteiger partial charge in [0.1, 0.15) is 0 Å². The van der Waals surface area contributed by atoms with Crippen LogP contribution >= 0.6 is 0 Å². The quantitative estimate of drug-likeness (QED) is 0.166. The van der Waals surface area contributed by atoms with Gasteiger partial charge in [-0.25, -0.2) is 0 Å². The highest BCUT2D eigenvalue weighted by Crippen LogP contribution is 2.77. The molecule has 364 valence electrons. The molecule has 0 radical (unpaired) electrons. The lowest BCUT2D eigenvalue weighted by molar-refractivity contribution is -0.0729. The van der Waals surface area contributed by atoms with Crippen LogP contribution in [0, 0.1) is 12.8 Å². The highest BCUT2D eigenvalue weighted by Gasteiger charge is 2.70. The van der Waals surface area contributed by atoms with Crippen molar-refractivity contribution in [3.63, 3.8) is 0 Å². The number of para-hydroxylation sites is 3. The van der Waals surface area contributed by atoms with E-state index in [0.29, 0.717) is 17.8 Å². The van der Waals surface area contributed by atoms with E-state index in [1.807, 2.05) is 0 Å². The van der Waals surface area contributed by atoms with Crippen molar-refractivity contribution in [2.24, 2.45) is 5.92 Å². The third-order valence-electron chi connectivity index (χ3n) is 20.4. The topological polar surface area (TPSA) is 9.86 Å². The predicted molar refractivity (Wildman–Crippen MR) is 315 cm³/mol. The van der Waals surface area contributed by atoms with Crippen LogP contribution in [0.5, 0.6) is 0 Å². The van der Waals surface area contributed by atoms with Crippen LogP contribution in [0.1, 0.15) is 90.2 Å². The Bertz CT molecular complexity index is 4400. The minimum absolute atomic E-state index is 0.110. The van der Waals surface area contributed by atoms with Crippen LogP contribution in [-0.2, 0) is 16.2 Å². The molecule has 76 heavy (non-hydrogen) atoms. The van der Waals surface area contributed by atoms with Crippen LogP contribution in [0.2, 0.25) is 0 Å². The average molecular weight is 975 g/mol. The Morgan fingerprint density at radius 1 is 0.355 bits per heavy atom. The Kier molecular flexibility index (Phi) is 8.89. The maximum atomic E-state index is 2.72. The maximum absolute atomic E-state index is 2.72. The van der Waals surface area contributed by atoms with Gasteiger partial charge >= 0.3 is 0 Å². The summed E-state index contributed by atoms with van der Waals surface area (Å²) in [5.41, 5.74) is 24.9. The van der Waals surface area contributed by atoms with E-state index in [4.69, 9.17) is 0 Å². The highest BCUT2D eigenvalue weighted by molar-refractivity contribution is 6.24. The molecule has 6 unspecified atom stereocenters. The zero-order valence-corrected chi connectivity index (χ0v) is 43.0. The summed E-state index contributed by atoms with van der Waals surface area (Å²) in [5, 5.41) is 5.14. The van der Waals surface area contributed by atoms with Crippen molar-refractivity contribution in [3.8, 4) is 44.8 Å². The van der Waals surface area contributed by atoms with Gasteiger partial charge in [0.25, 0.3) is 0 Å². The van der Waals surface area contributed by atoms with E-state index in [-0.39, 0.29) is 16.2 Å². The minimum atomic E-state index is -0.147. The van der Waals surface area contributed by atoms with Crippen LogP contribution < -0.4 is 0 Å². The van der Waals surface area contributed by atoms with Gasteiger partial charge in [-0.1, -0.05) is 207 Å². The lowest BCUT2D eigenvalue weighted by atomic mass is 9.33. The molecule has 2 nitrogen and oxygen atoms in total. The number of benzene rings is 10. The molecular weight excluding hydrogens is 917 g/mol. The molecule has 2 heteroatoms. The summed E-state index contributed by atoms with van der Waals surface area (Å²) >= 11 is 0. The van der Waals surface area contributed by atoms with Crippen LogP contribution in [0.3, 0.4) is 0 Å². The smallest absolute Gasteiger partial charge is 0.0789 e. The van der Waals surface area contributed by atoms with E-state index in [2.05, 4.69) is 247 Å². The second-order valence-corrected chi connectivity index (χ2v) is 23.6. The SMILES string of the molecule is Cc1ccccc1-c1ccccc1C12CCCC34CC(CC5(CC(C1)c1ccccc1-c1ccccc15)C23)c1ccccc1-c1c(-n2c3ccccc3c3ccc5c6ccccc6n(-c6ccccc6)c5c32)cccc14. The van der Waals surface area contributed by atoms with E-state index in [1.165, 1.54) is 125 Å². The van der Waals surface area contributed by atoms with Crippen molar-refractivity contribution in [1.82, 2.24) is 9.13 Å². The third-order valence-corrected chi connectivity index (χ3v) is 20.4. The molecule has 5 aliphatic carbocycles. The average Bonchev–Trinajstić information content (AvgIpc) is 4.10. The van der Waals surface area contributed by atoms with Gasteiger partial charge in [-0.2, -0.15) is 0 Å². The largest absolute Gasteiger partial charge is 0.307 e. The Balaban J connectivity index is 1.03. The zero-order chi connectivity index (χ0) is 49.9. The second-order valence-electron chi connectivity index (χ2n) is 23.6. The Morgan fingerprint density at radius 3 is 1.51 bits per heavy atom. The van der Waals surface area contributed by atoms with Gasteiger partial charge in [0.2, 0.25) is 0 Å². The summed E-state index contributed by atoms with van der Waals surface area (Å²) < 4.78 is 5.27. The number of hydrogen-bond acceptors (Lipinski definition) is 0. The molecule has 5 aliphatic rings. The number of fused-ring (bicyclic) bond motifs is 17. The molecule has 4 bridgehead atoms. The number of rotatable bonds is 4. The maximum Gasteiger partial charge on any atom is 0.0789 e. The van der Waals surface area contributed by atoms with Crippen LogP contribution in [-0.4, -0.2) is 9.13 Å². The van der Waals surface area contributed by atoms with Crippen molar-refractivity contribution >= 4 is 43.6 Å². The van der Waals surface area contributed by atoms with E-state index in [0.717, 1.165) is 19.3 Å². The molecule has 0 amide bonds. The standard InChI is InChI=1S/C74H58N2/c1-47-21-5-6-24-51(47)55-28-11-15-33-62(55)72-41-20-42-73-44-49(46-74(71(72)73)45-48(43-72)52-25-7-9-27-54(52)56-29-12-16-34-63(56)74)53-26-8-10-32-59(53)68-64(73)35-19-38-67(68)76-66-37-18-14-31-58(66)61-40-39-60-57-30-13-17-36-65(57)75(69(60)70(61)76)50-22-3-2-4-23-50/h2-19,21-40,48-49,71H,20,41-46H2,1H3. The first-order valence-electron chi connectivity index (χ1n) is 28.1. The Morgan fingerprint density at radius 2 is 0.829 bits per heavy atom. The molecule has 6 atom stereocenters. The first-order chi connectivity index (χ1) is 37.6. The molecular formula is C74H58N2. The summed E-state index contributed by atoms with van der Waals surface area (Å²) in [6, 6.07) is 90.0. The van der Waals surface area contributed by atoms with Crippen molar-refractivity contribution < 1.29 is 0 Å². The van der Waals surface area contributed by atoms with Crippen molar-refractivity contribution in [1.29, 1.82) is 0 Å². The fourth-order valence-electron chi connectivity index (χ4n) is 18.3. The van der Waals surface area contributed by atoms with Gasteiger partial charge in [-0.3, -0.25) is 0 Å². The van der Waals surface area contributed by atoms with E-state index >= 15 is 0 Å². The molecule has 0 aliphatic heterocycles. The van der Waals surface area contributed by atoms with Gasteiger partial charge < -0.3 is 9.13 Å². The zero-order valence-electron chi connectivity index (χ0n) is 43.0. The number of aryl methyl sites for hydroxylation is 1. The number of hydrogen-bond donors (Lipinski definition) is 0. The summed E-state index contributed by atoms with van der Waals surface area (Å²) in [7, 11) is 0. The molecule has 17 rings (SSSR count). The van der Waals surface area contributed by atoms with Gasteiger partial charge in [-0.05, 0) is 155 Å². The molecule has 0 N–H and O–H groups in total. The molecule has 2 heterocycles. The van der Waals surface area contributed by atoms with Gasteiger partial charge in [0, 0.05) is 49.0 Å². The lowest BCUT2D eigenvalue weighted by Crippen LogP contribution is -2.66. The number of aromatic nitrogens is 2. The Labute approximate surface area is 444 Å². The summed E-state index contributed by atoms with van der Waals surface area (Å²) in [4.78, 5) is 0. The number of nitrogens with zero attached hydrogens (tertiary/aromatic N) is 2. The van der Waals surface area contributed by atoms with Crippen LogP contribution in [0.15, 0.2) is 231 Å². The first kappa shape index (κ1) is 43.1. The normalized spacial score (nSPS) is 23.8. The molecule has 2 aromatic heterocycles. The monoisotopic (exact) mass is 974 g/mol. The highest BCUT2D eigenvalue weighted by atomic mass is 15.0. The van der Waals surface area contributed by atoms with Crippen LogP contribution in [0.4, 0.5) is 0 Å².